The van der Waals surface area contributed by atoms with Gasteiger partial charge in [-0.3, -0.25) is 0 Å². The minimum absolute atomic E-state index is 0.447. The van der Waals surface area contributed by atoms with Gasteiger partial charge in [-0.25, -0.2) is 0 Å². The van der Waals surface area contributed by atoms with E-state index in [1.165, 1.54) is 44.1 Å². The second-order valence-corrected chi connectivity index (χ2v) is 8.37. The normalized spacial score (nSPS) is 15.4. The predicted molar refractivity (Wildman–Crippen MR) is 115 cm³/mol. The molecule has 0 spiro atoms. The number of hydrogen-bond donors (Lipinski definition) is 1. The van der Waals surface area contributed by atoms with Gasteiger partial charge in [0.2, 0.25) is 0 Å². The van der Waals surface area contributed by atoms with E-state index in [1.54, 1.807) is 7.11 Å². The molecule has 3 nitrogen and oxygen atoms in total. The molecule has 0 atom stereocenters. The number of methoxy groups -OCH3 is 1. The first-order valence-corrected chi connectivity index (χ1v) is 10.8. The lowest BCUT2D eigenvalue weighted by molar-refractivity contribution is 0.284. The Kier molecular flexibility index (Phi) is 7.86. The van der Waals surface area contributed by atoms with Gasteiger partial charge in [0.15, 0.2) is 11.5 Å². The molecule has 1 N–H and O–H groups in total. The van der Waals surface area contributed by atoms with Crippen molar-refractivity contribution in [2.24, 2.45) is 0 Å². The number of ether oxygens (including phenoxy) is 2. The van der Waals surface area contributed by atoms with Crippen LogP contribution in [-0.2, 0) is 13.2 Å². The minimum Gasteiger partial charge on any atom is -0.493 e. The van der Waals surface area contributed by atoms with Gasteiger partial charge >= 0.3 is 0 Å². The van der Waals surface area contributed by atoms with Gasteiger partial charge in [0.1, 0.15) is 6.61 Å². The summed E-state index contributed by atoms with van der Waals surface area (Å²) in [6.07, 6.45) is 7.95. The topological polar surface area (TPSA) is 30.5 Å². The number of benzene rings is 2. The summed E-state index contributed by atoms with van der Waals surface area (Å²) in [7, 11) is 1.68. The van der Waals surface area contributed by atoms with Crippen LogP contribution in [0.15, 0.2) is 40.9 Å². The standard InChI is InChI=1S/C22H27BrClNO2/c1-26-21-12-17(14-25-19-9-4-2-3-5-10-19)20(23)13-22(21)27-15-16-7-6-8-18(24)11-16/h6-8,11-13,19,25H,2-5,9-10,14-15H2,1H3. The van der Waals surface area contributed by atoms with Gasteiger partial charge < -0.3 is 14.8 Å². The van der Waals surface area contributed by atoms with E-state index in [9.17, 15) is 0 Å². The summed E-state index contributed by atoms with van der Waals surface area (Å²) >= 11 is 9.74. The van der Waals surface area contributed by atoms with Gasteiger partial charge in [-0.15, -0.1) is 0 Å². The van der Waals surface area contributed by atoms with E-state index in [0.717, 1.165) is 28.1 Å². The van der Waals surface area contributed by atoms with Crippen molar-refractivity contribution in [3.05, 3.63) is 57.0 Å². The predicted octanol–water partition coefficient (Wildman–Crippen LogP) is 6.50. The molecule has 0 aliphatic heterocycles. The minimum atomic E-state index is 0.447. The first-order valence-electron chi connectivity index (χ1n) is 9.63. The molecule has 146 valence electrons. The van der Waals surface area contributed by atoms with Crippen molar-refractivity contribution in [2.75, 3.05) is 7.11 Å². The summed E-state index contributed by atoms with van der Waals surface area (Å²) in [5.74, 6) is 1.47. The quantitative estimate of drug-likeness (QED) is 0.486. The van der Waals surface area contributed by atoms with Crippen molar-refractivity contribution in [1.29, 1.82) is 0 Å². The molecule has 0 amide bonds. The third-order valence-corrected chi connectivity index (χ3v) is 6.03. The highest BCUT2D eigenvalue weighted by Gasteiger charge is 2.14. The van der Waals surface area contributed by atoms with E-state index in [-0.39, 0.29) is 0 Å². The molecule has 2 aromatic rings. The van der Waals surface area contributed by atoms with Crippen LogP contribution in [0.3, 0.4) is 0 Å². The van der Waals surface area contributed by atoms with E-state index in [1.807, 2.05) is 30.3 Å². The number of halogens is 2. The van der Waals surface area contributed by atoms with Gasteiger partial charge in [0, 0.05) is 22.1 Å². The van der Waals surface area contributed by atoms with Crippen LogP contribution in [0.25, 0.3) is 0 Å². The first-order chi connectivity index (χ1) is 13.2. The van der Waals surface area contributed by atoms with Crippen molar-refractivity contribution < 1.29 is 9.47 Å². The van der Waals surface area contributed by atoms with Crippen LogP contribution in [0.4, 0.5) is 0 Å². The van der Waals surface area contributed by atoms with Gasteiger partial charge in [0.25, 0.3) is 0 Å². The monoisotopic (exact) mass is 451 g/mol. The largest absolute Gasteiger partial charge is 0.493 e. The molecule has 0 bridgehead atoms. The van der Waals surface area contributed by atoms with Crippen LogP contribution in [-0.4, -0.2) is 13.2 Å². The number of hydrogen-bond acceptors (Lipinski definition) is 3. The third-order valence-electron chi connectivity index (χ3n) is 5.05. The van der Waals surface area contributed by atoms with E-state index in [2.05, 4.69) is 27.3 Å². The first kappa shape index (κ1) is 20.5. The maximum absolute atomic E-state index is 6.05. The fraction of sp³-hybridized carbons (Fsp3) is 0.455. The SMILES string of the molecule is COc1cc(CNC2CCCCCC2)c(Br)cc1OCc1cccc(Cl)c1. The van der Waals surface area contributed by atoms with Gasteiger partial charge in [-0.05, 0) is 48.2 Å². The zero-order chi connectivity index (χ0) is 19.1. The lowest BCUT2D eigenvalue weighted by atomic mass is 10.1. The summed E-state index contributed by atoms with van der Waals surface area (Å²) in [6.45, 7) is 1.28. The van der Waals surface area contributed by atoms with Crippen LogP contribution in [0.5, 0.6) is 11.5 Å². The molecular formula is C22H27BrClNO2. The maximum Gasteiger partial charge on any atom is 0.162 e. The lowest BCUT2D eigenvalue weighted by Gasteiger charge is -2.18. The van der Waals surface area contributed by atoms with Gasteiger partial charge in [0.05, 0.1) is 7.11 Å². The molecule has 0 saturated heterocycles. The van der Waals surface area contributed by atoms with E-state index >= 15 is 0 Å². The van der Waals surface area contributed by atoms with Crippen molar-refractivity contribution in [1.82, 2.24) is 5.32 Å². The highest BCUT2D eigenvalue weighted by Crippen LogP contribution is 2.34. The molecule has 0 heterocycles. The van der Waals surface area contributed by atoms with Crippen LogP contribution < -0.4 is 14.8 Å². The van der Waals surface area contributed by atoms with Crippen molar-refractivity contribution in [3.63, 3.8) is 0 Å². The Bertz CT molecular complexity index is 745. The van der Waals surface area contributed by atoms with Crippen LogP contribution in [0.2, 0.25) is 5.02 Å². The lowest BCUT2D eigenvalue weighted by Crippen LogP contribution is -2.28. The van der Waals surface area contributed by atoms with Crippen molar-refractivity contribution >= 4 is 27.5 Å². The zero-order valence-corrected chi connectivity index (χ0v) is 18.1. The van der Waals surface area contributed by atoms with Crippen molar-refractivity contribution in [3.8, 4) is 11.5 Å². The molecular weight excluding hydrogens is 426 g/mol. The van der Waals surface area contributed by atoms with Crippen LogP contribution >= 0.6 is 27.5 Å². The average Bonchev–Trinajstić information content (AvgIpc) is 2.94. The average molecular weight is 453 g/mol. The second-order valence-electron chi connectivity index (χ2n) is 7.08. The summed E-state index contributed by atoms with van der Waals surface area (Å²) < 4.78 is 12.6. The molecule has 1 aliphatic rings. The molecule has 1 fully saturated rings. The Morgan fingerprint density at radius 3 is 2.56 bits per heavy atom. The Morgan fingerprint density at radius 2 is 1.85 bits per heavy atom. The fourth-order valence-corrected chi connectivity index (χ4v) is 4.19. The second kappa shape index (κ2) is 10.4. The Labute approximate surface area is 175 Å². The summed E-state index contributed by atoms with van der Waals surface area (Å²) in [6, 6.07) is 12.4. The number of nitrogens with one attached hydrogen (secondary N) is 1. The highest BCUT2D eigenvalue weighted by atomic mass is 79.9. The van der Waals surface area contributed by atoms with E-state index in [4.69, 9.17) is 21.1 Å². The Hall–Kier alpha value is -1.23. The maximum atomic E-state index is 6.05. The Balaban J connectivity index is 1.65. The summed E-state index contributed by atoms with van der Waals surface area (Å²) in [5.41, 5.74) is 2.21. The molecule has 0 aromatic heterocycles. The molecule has 2 aromatic carbocycles. The van der Waals surface area contributed by atoms with Gasteiger partial charge in [-0.2, -0.15) is 0 Å². The molecule has 27 heavy (non-hydrogen) atoms. The van der Waals surface area contributed by atoms with E-state index in [0.29, 0.717) is 17.7 Å². The van der Waals surface area contributed by atoms with E-state index < -0.39 is 0 Å². The third kappa shape index (κ3) is 6.13. The van der Waals surface area contributed by atoms with Crippen LogP contribution in [0, 0.1) is 0 Å². The molecule has 1 aliphatic carbocycles. The number of rotatable bonds is 7. The smallest absolute Gasteiger partial charge is 0.162 e. The summed E-state index contributed by atoms with van der Waals surface area (Å²) in [5, 5.41) is 4.42. The Morgan fingerprint density at radius 1 is 1.07 bits per heavy atom. The molecule has 1 saturated carbocycles. The highest BCUT2D eigenvalue weighted by molar-refractivity contribution is 9.10. The molecule has 0 radical (unpaired) electrons. The molecule has 3 rings (SSSR count). The molecule has 5 heteroatoms. The molecule has 0 unspecified atom stereocenters. The zero-order valence-electron chi connectivity index (χ0n) is 15.8. The summed E-state index contributed by atoms with van der Waals surface area (Å²) in [4.78, 5) is 0. The fourth-order valence-electron chi connectivity index (χ4n) is 3.51. The van der Waals surface area contributed by atoms with Crippen molar-refractivity contribution in [2.45, 2.75) is 57.7 Å². The van der Waals surface area contributed by atoms with Crippen LogP contribution in [0.1, 0.15) is 49.7 Å². The van der Waals surface area contributed by atoms with Gasteiger partial charge in [-0.1, -0.05) is 65.3 Å².